The van der Waals surface area contributed by atoms with Crippen LogP contribution in [0, 0.1) is 29.1 Å². The molecule has 0 aromatic carbocycles. The summed E-state index contributed by atoms with van der Waals surface area (Å²) < 4.78 is 0. The van der Waals surface area contributed by atoms with Crippen LogP contribution in [0.1, 0.15) is 53.4 Å². The summed E-state index contributed by atoms with van der Waals surface area (Å²) in [4.78, 5) is 0. The normalized spacial score (nSPS) is 47.5. The van der Waals surface area contributed by atoms with Gasteiger partial charge in [-0.2, -0.15) is 0 Å². The first-order chi connectivity index (χ1) is 8.92. The van der Waals surface area contributed by atoms with Crippen LogP contribution in [0.5, 0.6) is 0 Å². The van der Waals surface area contributed by atoms with Crippen LogP contribution in [0.15, 0.2) is 23.8 Å². The van der Waals surface area contributed by atoms with E-state index >= 15 is 0 Å². The first kappa shape index (κ1) is 13.4. The van der Waals surface area contributed by atoms with Gasteiger partial charge in [0.15, 0.2) is 0 Å². The van der Waals surface area contributed by atoms with Crippen LogP contribution in [-0.2, 0) is 0 Å². The monoisotopic (exact) mass is 260 g/mol. The fourth-order valence-electron chi connectivity index (χ4n) is 5.11. The standard InChI is InChI=1S/C18H28O/c1-5-15-12(2)6-11-16(15)18(19)14-9-7-13(8-10-14)17(18,3)4/h7,9,11-15,19H,5-6,8,10H2,1-4H3/t12-,13+,14-,15+,18-/m1/s1. The third kappa shape index (κ3) is 1.57. The van der Waals surface area contributed by atoms with Crippen molar-refractivity contribution in [3.05, 3.63) is 23.8 Å². The van der Waals surface area contributed by atoms with E-state index < -0.39 is 5.60 Å². The molecule has 0 aromatic rings. The van der Waals surface area contributed by atoms with Crippen molar-refractivity contribution in [2.24, 2.45) is 29.1 Å². The average molecular weight is 260 g/mol. The fraction of sp³-hybridized carbons (Fsp3) is 0.778. The van der Waals surface area contributed by atoms with Gasteiger partial charge in [-0.3, -0.25) is 0 Å². The summed E-state index contributed by atoms with van der Waals surface area (Å²) in [7, 11) is 0. The largest absolute Gasteiger partial charge is 0.384 e. The number of hydrogen-bond donors (Lipinski definition) is 1. The number of rotatable bonds is 2. The molecule has 1 nitrogen and oxygen atoms in total. The minimum absolute atomic E-state index is 0.0199. The van der Waals surface area contributed by atoms with Crippen LogP contribution in [0.4, 0.5) is 0 Å². The summed E-state index contributed by atoms with van der Waals surface area (Å²) in [5.74, 6) is 2.15. The highest BCUT2D eigenvalue weighted by Crippen LogP contribution is 2.60. The van der Waals surface area contributed by atoms with Crippen LogP contribution in [0.25, 0.3) is 0 Å². The summed E-state index contributed by atoms with van der Waals surface area (Å²) in [6.45, 7) is 9.17. The van der Waals surface area contributed by atoms with Crippen LogP contribution in [0.3, 0.4) is 0 Å². The van der Waals surface area contributed by atoms with Gasteiger partial charge < -0.3 is 5.11 Å². The van der Waals surface area contributed by atoms with Gasteiger partial charge in [0.25, 0.3) is 0 Å². The van der Waals surface area contributed by atoms with Crippen LogP contribution in [0.2, 0.25) is 0 Å². The van der Waals surface area contributed by atoms with Crippen molar-refractivity contribution in [2.75, 3.05) is 0 Å². The second-order valence-corrected chi connectivity index (χ2v) is 7.55. The molecule has 0 saturated heterocycles. The lowest BCUT2D eigenvalue weighted by Crippen LogP contribution is -2.60. The number of fused-ring (bicyclic) bond motifs is 2. The summed E-state index contributed by atoms with van der Waals surface area (Å²) >= 11 is 0. The molecule has 1 fully saturated rings. The lowest BCUT2D eigenvalue weighted by Gasteiger charge is -2.58. The zero-order valence-corrected chi connectivity index (χ0v) is 12.8. The molecule has 1 N–H and O–H groups in total. The van der Waals surface area contributed by atoms with Crippen LogP contribution in [-0.4, -0.2) is 10.7 Å². The Morgan fingerprint density at radius 3 is 2.37 bits per heavy atom. The molecule has 0 heterocycles. The summed E-state index contributed by atoms with van der Waals surface area (Å²) in [5, 5.41) is 11.7. The van der Waals surface area contributed by atoms with E-state index in [2.05, 4.69) is 45.9 Å². The number of hydrogen-bond acceptors (Lipinski definition) is 1. The van der Waals surface area contributed by atoms with Gasteiger partial charge in [0.2, 0.25) is 0 Å². The molecule has 1 saturated carbocycles. The van der Waals surface area contributed by atoms with Crippen molar-refractivity contribution in [1.82, 2.24) is 0 Å². The van der Waals surface area contributed by atoms with E-state index in [0.29, 0.717) is 23.7 Å². The smallest absolute Gasteiger partial charge is 0.0977 e. The maximum Gasteiger partial charge on any atom is 0.0977 e. The molecule has 4 aliphatic carbocycles. The second-order valence-electron chi connectivity index (χ2n) is 7.55. The summed E-state index contributed by atoms with van der Waals surface area (Å²) in [5.41, 5.74) is 0.746. The van der Waals surface area contributed by atoms with Gasteiger partial charge in [0, 0.05) is 11.3 Å². The molecule has 106 valence electrons. The van der Waals surface area contributed by atoms with Crippen molar-refractivity contribution < 1.29 is 5.11 Å². The van der Waals surface area contributed by atoms with Crippen LogP contribution < -0.4 is 0 Å². The van der Waals surface area contributed by atoms with E-state index in [-0.39, 0.29) is 5.41 Å². The minimum atomic E-state index is -0.601. The van der Waals surface area contributed by atoms with Gasteiger partial charge >= 0.3 is 0 Å². The SMILES string of the molecule is CC[C@@H]1C([C@]2(O)[C@@H]3C=C[C@@H](CC3)C2(C)C)=CC[C@H]1C. The maximum absolute atomic E-state index is 11.7. The minimum Gasteiger partial charge on any atom is -0.384 e. The van der Waals surface area contributed by atoms with Crippen molar-refractivity contribution in [2.45, 2.75) is 59.0 Å². The first-order valence-corrected chi connectivity index (χ1v) is 8.04. The van der Waals surface area contributed by atoms with E-state index in [4.69, 9.17) is 0 Å². The molecule has 4 rings (SSSR count). The topological polar surface area (TPSA) is 20.2 Å². The van der Waals surface area contributed by atoms with Crippen molar-refractivity contribution >= 4 is 0 Å². The lowest BCUT2D eigenvalue weighted by atomic mass is 9.49. The molecule has 0 aliphatic heterocycles. The number of aliphatic hydroxyl groups is 1. The average Bonchev–Trinajstić information content (AvgIpc) is 2.77. The Morgan fingerprint density at radius 1 is 1.21 bits per heavy atom. The molecule has 0 radical (unpaired) electrons. The lowest BCUT2D eigenvalue weighted by molar-refractivity contribution is -0.128. The predicted molar refractivity (Wildman–Crippen MR) is 79.7 cm³/mol. The highest BCUT2D eigenvalue weighted by molar-refractivity contribution is 5.36. The quantitative estimate of drug-likeness (QED) is 0.733. The zero-order valence-electron chi connectivity index (χ0n) is 12.8. The van der Waals surface area contributed by atoms with Crippen molar-refractivity contribution in [1.29, 1.82) is 0 Å². The van der Waals surface area contributed by atoms with E-state index in [0.717, 1.165) is 19.3 Å². The molecule has 5 atom stereocenters. The Labute approximate surface area is 117 Å². The molecule has 0 spiro atoms. The van der Waals surface area contributed by atoms with E-state index in [9.17, 15) is 5.11 Å². The highest BCUT2D eigenvalue weighted by atomic mass is 16.3. The Morgan fingerprint density at radius 2 is 1.84 bits per heavy atom. The van der Waals surface area contributed by atoms with E-state index in [1.165, 1.54) is 12.0 Å². The maximum atomic E-state index is 11.7. The Kier molecular flexibility index (Phi) is 2.98. The molecule has 1 heteroatoms. The van der Waals surface area contributed by atoms with Crippen LogP contribution >= 0.6 is 0 Å². The van der Waals surface area contributed by atoms with Crippen molar-refractivity contribution in [3.63, 3.8) is 0 Å². The van der Waals surface area contributed by atoms with E-state index in [1.54, 1.807) is 0 Å². The predicted octanol–water partition coefficient (Wildman–Crippen LogP) is 4.33. The Balaban J connectivity index is 2.05. The van der Waals surface area contributed by atoms with Gasteiger partial charge in [-0.05, 0) is 49.0 Å². The van der Waals surface area contributed by atoms with Gasteiger partial charge in [0.1, 0.15) is 0 Å². The van der Waals surface area contributed by atoms with E-state index in [1.807, 2.05) is 0 Å². The Bertz CT molecular complexity index is 431. The molecular weight excluding hydrogens is 232 g/mol. The molecule has 0 amide bonds. The first-order valence-electron chi connectivity index (χ1n) is 8.04. The highest BCUT2D eigenvalue weighted by Gasteiger charge is 2.60. The molecule has 2 bridgehead atoms. The van der Waals surface area contributed by atoms with Gasteiger partial charge in [0.05, 0.1) is 5.60 Å². The number of allylic oxidation sites excluding steroid dienone is 2. The van der Waals surface area contributed by atoms with Gasteiger partial charge in [-0.15, -0.1) is 0 Å². The van der Waals surface area contributed by atoms with Crippen molar-refractivity contribution in [3.8, 4) is 0 Å². The third-order valence-electron chi connectivity index (χ3n) is 6.49. The fourth-order valence-corrected chi connectivity index (χ4v) is 5.11. The molecule has 4 aliphatic rings. The van der Waals surface area contributed by atoms with Gasteiger partial charge in [-0.25, -0.2) is 0 Å². The molecule has 0 unspecified atom stereocenters. The molecular formula is C18H28O. The zero-order chi connectivity index (χ0) is 13.8. The Hall–Kier alpha value is -0.560. The molecule has 19 heavy (non-hydrogen) atoms. The summed E-state index contributed by atoms with van der Waals surface area (Å²) in [6.07, 6.45) is 11.7. The second kappa shape index (κ2) is 4.22. The van der Waals surface area contributed by atoms with Gasteiger partial charge in [-0.1, -0.05) is 45.9 Å². The summed E-state index contributed by atoms with van der Waals surface area (Å²) in [6, 6.07) is 0. The third-order valence-corrected chi connectivity index (χ3v) is 6.49. The molecule has 0 aromatic heterocycles.